The number of aromatic nitrogens is 1. The lowest BCUT2D eigenvalue weighted by atomic mass is 10.2. The van der Waals surface area contributed by atoms with Crippen molar-refractivity contribution < 1.29 is 9.23 Å². The summed E-state index contributed by atoms with van der Waals surface area (Å²) >= 11 is 0. The summed E-state index contributed by atoms with van der Waals surface area (Å²) in [7, 11) is 1.44. The van der Waals surface area contributed by atoms with Crippen molar-refractivity contribution in [2.24, 2.45) is 5.16 Å². The molecule has 1 aromatic rings. The third-order valence-corrected chi connectivity index (χ3v) is 1.35. The van der Waals surface area contributed by atoms with E-state index >= 15 is 0 Å². The van der Waals surface area contributed by atoms with Crippen LogP contribution in [0.4, 0.5) is 4.39 Å². The molecule has 0 radical (unpaired) electrons. The fraction of sp³-hybridized carbons (Fsp3) is 0.250. The average Bonchev–Trinajstić information content (AvgIpc) is 2.05. The van der Waals surface area contributed by atoms with Gasteiger partial charge < -0.3 is 4.84 Å². The summed E-state index contributed by atoms with van der Waals surface area (Å²) in [4.78, 5) is 8.21. The van der Waals surface area contributed by atoms with Gasteiger partial charge in [-0.2, -0.15) is 0 Å². The fourth-order valence-electron chi connectivity index (χ4n) is 0.799. The maximum absolute atomic E-state index is 12.6. The van der Waals surface area contributed by atoms with Crippen LogP contribution in [0.5, 0.6) is 0 Å². The normalized spacial score (nSPS) is 11.4. The molecule has 4 heteroatoms. The van der Waals surface area contributed by atoms with Gasteiger partial charge in [-0.25, -0.2) is 4.39 Å². The van der Waals surface area contributed by atoms with Crippen LogP contribution in [0.25, 0.3) is 0 Å². The van der Waals surface area contributed by atoms with Crippen molar-refractivity contribution in [1.82, 2.24) is 4.98 Å². The smallest absolute Gasteiger partial charge is 0.142 e. The Balaban J connectivity index is 2.95. The van der Waals surface area contributed by atoms with Gasteiger partial charge in [0.2, 0.25) is 0 Å². The zero-order chi connectivity index (χ0) is 8.97. The summed E-state index contributed by atoms with van der Waals surface area (Å²) < 4.78 is 12.6. The van der Waals surface area contributed by atoms with Crippen LogP contribution in [0, 0.1) is 5.82 Å². The van der Waals surface area contributed by atoms with Gasteiger partial charge >= 0.3 is 0 Å². The third kappa shape index (κ3) is 2.02. The van der Waals surface area contributed by atoms with E-state index in [1.165, 1.54) is 19.4 Å². The SMILES string of the molecule is CO/N=C(/C)c1cncc(F)c1. The van der Waals surface area contributed by atoms with E-state index in [9.17, 15) is 4.39 Å². The van der Waals surface area contributed by atoms with Crippen LogP contribution in [-0.4, -0.2) is 17.8 Å². The van der Waals surface area contributed by atoms with Crippen molar-refractivity contribution >= 4 is 5.71 Å². The number of hydrogen-bond donors (Lipinski definition) is 0. The molecule has 1 rings (SSSR count). The Kier molecular flexibility index (Phi) is 2.74. The second-order valence-corrected chi connectivity index (χ2v) is 2.25. The van der Waals surface area contributed by atoms with E-state index in [2.05, 4.69) is 15.0 Å². The highest BCUT2D eigenvalue weighted by atomic mass is 19.1. The first-order valence-corrected chi connectivity index (χ1v) is 3.42. The van der Waals surface area contributed by atoms with Gasteiger partial charge in [-0.1, -0.05) is 5.16 Å². The first kappa shape index (κ1) is 8.64. The molecule has 0 fully saturated rings. The maximum Gasteiger partial charge on any atom is 0.142 e. The molecule has 0 aromatic carbocycles. The maximum atomic E-state index is 12.6. The number of oxime groups is 1. The van der Waals surface area contributed by atoms with Crippen molar-refractivity contribution in [2.45, 2.75) is 6.92 Å². The molecule has 12 heavy (non-hydrogen) atoms. The Bertz CT molecular complexity index is 299. The molecule has 1 aromatic heterocycles. The molecule has 0 aliphatic carbocycles. The molecule has 0 saturated heterocycles. The highest BCUT2D eigenvalue weighted by molar-refractivity contribution is 5.97. The summed E-state index contributed by atoms with van der Waals surface area (Å²) in [5.74, 6) is -0.377. The molecule has 0 spiro atoms. The summed E-state index contributed by atoms with van der Waals surface area (Å²) in [6.45, 7) is 1.72. The molecule has 64 valence electrons. The predicted molar refractivity (Wildman–Crippen MR) is 43.4 cm³/mol. The molecule has 0 aliphatic heterocycles. The van der Waals surface area contributed by atoms with Gasteiger partial charge in [0.05, 0.1) is 11.9 Å². The van der Waals surface area contributed by atoms with E-state index in [1.54, 1.807) is 6.92 Å². The molecule has 3 nitrogen and oxygen atoms in total. The van der Waals surface area contributed by atoms with E-state index < -0.39 is 0 Å². The fourth-order valence-corrected chi connectivity index (χ4v) is 0.799. The summed E-state index contributed by atoms with van der Waals surface area (Å²) in [6.07, 6.45) is 2.67. The molecule has 0 bridgehead atoms. The van der Waals surface area contributed by atoms with E-state index in [0.717, 1.165) is 6.20 Å². The number of halogens is 1. The Morgan fingerprint density at radius 2 is 2.33 bits per heavy atom. The van der Waals surface area contributed by atoms with Crippen LogP contribution in [0.3, 0.4) is 0 Å². The van der Waals surface area contributed by atoms with Crippen LogP contribution >= 0.6 is 0 Å². The highest BCUT2D eigenvalue weighted by Gasteiger charge is 1.99. The largest absolute Gasteiger partial charge is 0.399 e. The first-order valence-electron chi connectivity index (χ1n) is 3.42. The summed E-state index contributed by atoms with van der Waals surface area (Å²) in [6, 6.07) is 1.35. The van der Waals surface area contributed by atoms with Crippen LogP contribution in [0.1, 0.15) is 12.5 Å². The van der Waals surface area contributed by atoms with Crippen molar-refractivity contribution in [1.29, 1.82) is 0 Å². The minimum atomic E-state index is -0.377. The van der Waals surface area contributed by atoms with Gasteiger partial charge in [0.25, 0.3) is 0 Å². The molecule has 0 aliphatic rings. The monoisotopic (exact) mass is 168 g/mol. The van der Waals surface area contributed by atoms with E-state index in [0.29, 0.717) is 11.3 Å². The molecule has 0 unspecified atom stereocenters. The summed E-state index contributed by atoms with van der Waals surface area (Å²) in [5.41, 5.74) is 1.22. The van der Waals surface area contributed by atoms with Gasteiger partial charge in [-0.3, -0.25) is 4.98 Å². The van der Waals surface area contributed by atoms with Crippen molar-refractivity contribution in [3.8, 4) is 0 Å². The average molecular weight is 168 g/mol. The second kappa shape index (κ2) is 3.80. The van der Waals surface area contributed by atoms with Crippen LogP contribution in [-0.2, 0) is 4.84 Å². The van der Waals surface area contributed by atoms with E-state index in [1.807, 2.05) is 0 Å². The van der Waals surface area contributed by atoms with Crippen molar-refractivity contribution in [3.05, 3.63) is 29.8 Å². The Morgan fingerprint density at radius 1 is 1.58 bits per heavy atom. The Hall–Kier alpha value is -1.45. The lowest BCUT2D eigenvalue weighted by molar-refractivity contribution is 0.213. The van der Waals surface area contributed by atoms with Gasteiger partial charge in [-0.05, 0) is 13.0 Å². The molecular formula is C8H9FN2O. The number of rotatable bonds is 2. The molecular weight excluding hydrogens is 159 g/mol. The van der Waals surface area contributed by atoms with Crippen molar-refractivity contribution in [2.75, 3.05) is 7.11 Å². The first-order chi connectivity index (χ1) is 5.74. The van der Waals surface area contributed by atoms with Crippen LogP contribution in [0.15, 0.2) is 23.6 Å². The molecule has 0 amide bonds. The quantitative estimate of drug-likeness (QED) is 0.496. The molecule has 1 heterocycles. The van der Waals surface area contributed by atoms with Gasteiger partial charge in [0.1, 0.15) is 12.9 Å². The molecule has 0 N–H and O–H groups in total. The van der Waals surface area contributed by atoms with Gasteiger partial charge in [0, 0.05) is 11.8 Å². The zero-order valence-electron chi connectivity index (χ0n) is 6.91. The van der Waals surface area contributed by atoms with E-state index in [4.69, 9.17) is 0 Å². The topological polar surface area (TPSA) is 34.5 Å². The predicted octanol–water partition coefficient (Wildman–Crippen LogP) is 1.59. The number of nitrogens with zero attached hydrogens (tertiary/aromatic N) is 2. The lowest BCUT2D eigenvalue weighted by Crippen LogP contribution is -1.96. The highest BCUT2D eigenvalue weighted by Crippen LogP contribution is 2.02. The Labute approximate surface area is 69.9 Å². The molecule has 0 atom stereocenters. The molecule has 0 saturated carbocycles. The zero-order valence-corrected chi connectivity index (χ0v) is 6.91. The van der Waals surface area contributed by atoms with Gasteiger partial charge in [0.15, 0.2) is 0 Å². The summed E-state index contributed by atoms with van der Waals surface area (Å²) in [5, 5.41) is 3.65. The number of pyridine rings is 1. The number of hydrogen-bond acceptors (Lipinski definition) is 3. The Morgan fingerprint density at radius 3 is 2.92 bits per heavy atom. The lowest BCUT2D eigenvalue weighted by Gasteiger charge is -1.97. The minimum Gasteiger partial charge on any atom is -0.399 e. The third-order valence-electron chi connectivity index (χ3n) is 1.35. The van der Waals surface area contributed by atoms with Crippen LogP contribution < -0.4 is 0 Å². The van der Waals surface area contributed by atoms with E-state index in [-0.39, 0.29) is 5.82 Å². The van der Waals surface area contributed by atoms with Crippen LogP contribution in [0.2, 0.25) is 0 Å². The minimum absolute atomic E-state index is 0.377. The standard InChI is InChI=1S/C8H9FN2O/c1-6(11-12-2)7-3-8(9)5-10-4-7/h3-5H,1-2H3/b11-6-. The second-order valence-electron chi connectivity index (χ2n) is 2.25. The van der Waals surface area contributed by atoms with Crippen molar-refractivity contribution in [3.63, 3.8) is 0 Å². The van der Waals surface area contributed by atoms with Gasteiger partial charge in [-0.15, -0.1) is 0 Å².